The molecule has 0 aromatic heterocycles. The van der Waals surface area contributed by atoms with Crippen molar-refractivity contribution >= 4 is 0 Å². The van der Waals surface area contributed by atoms with Crippen LogP contribution in [0.1, 0.15) is 24.0 Å². The average Bonchev–Trinajstić information content (AvgIpc) is 2.64. The third-order valence-electron chi connectivity index (χ3n) is 4.84. The van der Waals surface area contributed by atoms with Crippen LogP contribution in [0.5, 0.6) is 11.5 Å². The smallest absolute Gasteiger partial charge is 0.166 e. The Morgan fingerprint density at radius 1 is 0.958 bits per heavy atom. The van der Waals surface area contributed by atoms with E-state index in [-0.39, 0.29) is 0 Å². The van der Waals surface area contributed by atoms with E-state index < -0.39 is 5.60 Å². The van der Waals surface area contributed by atoms with E-state index in [4.69, 9.17) is 9.47 Å². The first kappa shape index (κ1) is 16.8. The van der Waals surface area contributed by atoms with Gasteiger partial charge in [0, 0.05) is 25.2 Å². The zero-order valence-corrected chi connectivity index (χ0v) is 14.4. The van der Waals surface area contributed by atoms with Gasteiger partial charge in [-0.15, -0.1) is 0 Å². The molecule has 0 atom stereocenters. The Morgan fingerprint density at radius 2 is 1.67 bits per heavy atom. The molecule has 0 bridgehead atoms. The average molecular weight is 327 g/mol. The van der Waals surface area contributed by atoms with Gasteiger partial charge in [-0.25, -0.2) is 0 Å². The molecule has 0 spiro atoms. The van der Waals surface area contributed by atoms with Crippen LogP contribution in [0.15, 0.2) is 48.5 Å². The number of ether oxygens (including phenoxy) is 2. The molecule has 1 fully saturated rings. The molecule has 0 saturated carbocycles. The van der Waals surface area contributed by atoms with Crippen molar-refractivity contribution in [2.45, 2.75) is 25.0 Å². The molecule has 1 heterocycles. The number of hydrogen-bond acceptors (Lipinski definition) is 4. The molecule has 3 rings (SSSR count). The Bertz CT molecular complexity index is 664. The van der Waals surface area contributed by atoms with Crippen LogP contribution in [0.25, 0.3) is 0 Å². The van der Waals surface area contributed by atoms with Crippen molar-refractivity contribution in [1.82, 2.24) is 4.90 Å². The van der Waals surface area contributed by atoms with Crippen LogP contribution in [0.2, 0.25) is 0 Å². The minimum absolute atomic E-state index is 0.638. The highest BCUT2D eigenvalue weighted by atomic mass is 16.5. The number of benzene rings is 2. The van der Waals surface area contributed by atoms with Crippen molar-refractivity contribution in [3.63, 3.8) is 0 Å². The van der Waals surface area contributed by atoms with E-state index in [1.54, 1.807) is 14.2 Å². The molecule has 1 aliphatic rings. The summed E-state index contributed by atoms with van der Waals surface area (Å²) in [5.74, 6) is 1.30. The predicted molar refractivity (Wildman–Crippen MR) is 94.4 cm³/mol. The standard InChI is InChI=1S/C20H25NO3/c1-23-18-10-6-9-17(19(18)24-2)20(22)11-13-21(14-12-20)15-16-7-4-3-5-8-16/h3-10,22H,11-15H2,1-2H3. The fraction of sp³-hybridized carbons (Fsp3) is 0.400. The van der Waals surface area contributed by atoms with E-state index in [0.29, 0.717) is 24.3 Å². The molecule has 4 nitrogen and oxygen atoms in total. The van der Waals surface area contributed by atoms with Gasteiger partial charge in [0.2, 0.25) is 0 Å². The summed E-state index contributed by atoms with van der Waals surface area (Å²) < 4.78 is 10.9. The van der Waals surface area contributed by atoms with Crippen molar-refractivity contribution in [2.75, 3.05) is 27.3 Å². The molecule has 24 heavy (non-hydrogen) atoms. The summed E-state index contributed by atoms with van der Waals surface area (Å²) in [6.45, 7) is 2.63. The first-order valence-corrected chi connectivity index (χ1v) is 8.36. The minimum Gasteiger partial charge on any atom is -0.493 e. The van der Waals surface area contributed by atoms with E-state index in [1.807, 2.05) is 24.3 Å². The number of rotatable bonds is 5. The maximum atomic E-state index is 11.2. The molecule has 1 aliphatic heterocycles. The Kier molecular flexibility index (Phi) is 5.07. The molecular weight excluding hydrogens is 302 g/mol. The van der Waals surface area contributed by atoms with Crippen LogP contribution < -0.4 is 9.47 Å². The summed E-state index contributed by atoms with van der Waals surface area (Å²) in [5, 5.41) is 11.2. The normalized spacial score (nSPS) is 17.5. The zero-order valence-electron chi connectivity index (χ0n) is 14.4. The van der Waals surface area contributed by atoms with Crippen LogP contribution in [0, 0.1) is 0 Å². The van der Waals surface area contributed by atoms with Gasteiger partial charge in [0.15, 0.2) is 11.5 Å². The van der Waals surface area contributed by atoms with Gasteiger partial charge in [0.1, 0.15) is 0 Å². The Morgan fingerprint density at radius 3 is 2.29 bits per heavy atom. The largest absolute Gasteiger partial charge is 0.493 e. The van der Waals surface area contributed by atoms with Crippen LogP contribution in [-0.4, -0.2) is 37.3 Å². The number of para-hydroxylation sites is 1. The molecule has 4 heteroatoms. The summed E-state index contributed by atoms with van der Waals surface area (Å²) in [5.41, 5.74) is 1.26. The van der Waals surface area contributed by atoms with Gasteiger partial charge in [-0.05, 0) is 24.5 Å². The molecule has 0 aliphatic carbocycles. The quantitative estimate of drug-likeness (QED) is 0.916. The summed E-state index contributed by atoms with van der Waals surface area (Å²) in [6.07, 6.45) is 1.37. The summed E-state index contributed by atoms with van der Waals surface area (Å²) in [4.78, 5) is 2.39. The van der Waals surface area contributed by atoms with Gasteiger partial charge in [-0.2, -0.15) is 0 Å². The summed E-state index contributed by atoms with van der Waals surface area (Å²) in [6, 6.07) is 16.2. The molecule has 0 radical (unpaired) electrons. The second-order valence-electron chi connectivity index (χ2n) is 6.33. The van der Waals surface area contributed by atoms with E-state index in [1.165, 1.54) is 5.56 Å². The molecule has 2 aromatic rings. The first-order chi connectivity index (χ1) is 11.7. The Labute approximate surface area is 143 Å². The Hall–Kier alpha value is -2.04. The van der Waals surface area contributed by atoms with E-state index >= 15 is 0 Å². The maximum absolute atomic E-state index is 11.2. The third kappa shape index (κ3) is 3.40. The lowest BCUT2D eigenvalue weighted by Crippen LogP contribution is -2.42. The molecule has 0 unspecified atom stereocenters. The highest BCUT2D eigenvalue weighted by molar-refractivity contribution is 5.49. The Balaban J connectivity index is 1.73. The fourth-order valence-corrected chi connectivity index (χ4v) is 3.45. The van der Waals surface area contributed by atoms with Crippen LogP contribution >= 0.6 is 0 Å². The predicted octanol–water partition coefficient (Wildman–Crippen LogP) is 3.19. The zero-order chi connectivity index (χ0) is 17.0. The molecular formula is C20H25NO3. The van der Waals surface area contributed by atoms with Crippen LogP contribution in [0.4, 0.5) is 0 Å². The maximum Gasteiger partial charge on any atom is 0.166 e. The number of methoxy groups -OCH3 is 2. The molecule has 2 aromatic carbocycles. The van der Waals surface area contributed by atoms with Crippen molar-refractivity contribution < 1.29 is 14.6 Å². The number of piperidine rings is 1. The minimum atomic E-state index is -0.868. The second-order valence-corrected chi connectivity index (χ2v) is 6.33. The van der Waals surface area contributed by atoms with E-state index in [9.17, 15) is 5.11 Å². The van der Waals surface area contributed by atoms with Crippen LogP contribution in [0.3, 0.4) is 0 Å². The monoisotopic (exact) mass is 327 g/mol. The SMILES string of the molecule is COc1cccc(C2(O)CCN(Cc3ccccc3)CC2)c1OC. The van der Waals surface area contributed by atoms with Crippen molar-refractivity contribution in [2.24, 2.45) is 0 Å². The first-order valence-electron chi connectivity index (χ1n) is 8.36. The number of aliphatic hydroxyl groups is 1. The summed E-state index contributed by atoms with van der Waals surface area (Å²) in [7, 11) is 3.24. The topological polar surface area (TPSA) is 41.9 Å². The van der Waals surface area contributed by atoms with E-state index in [2.05, 4.69) is 29.2 Å². The number of likely N-dealkylation sites (tertiary alicyclic amines) is 1. The molecule has 1 saturated heterocycles. The third-order valence-corrected chi connectivity index (χ3v) is 4.84. The molecule has 0 amide bonds. The van der Waals surface area contributed by atoms with Crippen molar-refractivity contribution in [3.8, 4) is 11.5 Å². The highest BCUT2D eigenvalue weighted by Gasteiger charge is 2.37. The lowest BCUT2D eigenvalue weighted by atomic mass is 9.83. The van der Waals surface area contributed by atoms with Crippen molar-refractivity contribution in [3.05, 3.63) is 59.7 Å². The summed E-state index contributed by atoms with van der Waals surface area (Å²) >= 11 is 0. The lowest BCUT2D eigenvalue weighted by molar-refractivity contribution is -0.0294. The molecule has 1 N–H and O–H groups in total. The fourth-order valence-electron chi connectivity index (χ4n) is 3.45. The number of hydrogen-bond donors (Lipinski definition) is 1. The van der Waals surface area contributed by atoms with Gasteiger partial charge in [0.05, 0.1) is 19.8 Å². The van der Waals surface area contributed by atoms with Gasteiger partial charge in [-0.3, -0.25) is 4.90 Å². The van der Waals surface area contributed by atoms with Gasteiger partial charge < -0.3 is 14.6 Å². The van der Waals surface area contributed by atoms with E-state index in [0.717, 1.165) is 25.2 Å². The van der Waals surface area contributed by atoms with Crippen LogP contribution in [-0.2, 0) is 12.1 Å². The second kappa shape index (κ2) is 7.24. The van der Waals surface area contributed by atoms with Gasteiger partial charge in [0.25, 0.3) is 0 Å². The van der Waals surface area contributed by atoms with Gasteiger partial charge in [-0.1, -0.05) is 42.5 Å². The molecule has 128 valence electrons. The lowest BCUT2D eigenvalue weighted by Gasteiger charge is -2.39. The van der Waals surface area contributed by atoms with Crippen molar-refractivity contribution in [1.29, 1.82) is 0 Å². The van der Waals surface area contributed by atoms with Gasteiger partial charge >= 0.3 is 0 Å². The number of nitrogens with zero attached hydrogens (tertiary/aromatic N) is 1. The highest BCUT2D eigenvalue weighted by Crippen LogP contribution is 2.42.